The molecule has 0 unspecified atom stereocenters. The number of benzene rings is 1. The molecule has 4 nitrogen and oxygen atoms in total. The van der Waals surface area contributed by atoms with Crippen LogP contribution in [0.2, 0.25) is 0 Å². The topological polar surface area (TPSA) is 44.4 Å². The Labute approximate surface area is 101 Å². The maximum Gasteiger partial charge on any atom is 0.255 e. The van der Waals surface area contributed by atoms with Gasteiger partial charge in [0, 0.05) is 13.1 Å². The molecule has 0 aliphatic carbocycles. The summed E-state index contributed by atoms with van der Waals surface area (Å²) < 4.78 is 0. The van der Waals surface area contributed by atoms with E-state index in [0.29, 0.717) is 0 Å². The van der Waals surface area contributed by atoms with Gasteiger partial charge in [0.25, 0.3) is 5.91 Å². The molecule has 0 aromatic heterocycles. The second-order valence-corrected chi connectivity index (χ2v) is 4.69. The minimum Gasteiger partial charge on any atom is -0.349 e. The Kier molecular flexibility index (Phi) is 2.52. The number of amides is 1. The van der Waals surface area contributed by atoms with Gasteiger partial charge in [0.2, 0.25) is 0 Å². The Hall–Kier alpha value is -1.55. The molecular formula is C13H17N3O. The molecule has 1 fully saturated rings. The van der Waals surface area contributed by atoms with Crippen LogP contribution in [0.1, 0.15) is 22.3 Å². The lowest BCUT2D eigenvalue weighted by Gasteiger charge is -2.38. The standard InChI is InChI=1S/C13H17N3O/c1-9-3-2-4-10-12(9)13(17)15-11-5-6-14-7-8-16(10)11/h2-4,11,14H,5-8H2,1H3,(H,15,17)/t11-/m1/s1. The number of hydrogen-bond acceptors (Lipinski definition) is 3. The lowest BCUT2D eigenvalue weighted by molar-refractivity contribution is 0.0925. The first-order valence-electron chi connectivity index (χ1n) is 6.15. The van der Waals surface area contributed by atoms with Crippen molar-refractivity contribution in [3.63, 3.8) is 0 Å². The molecule has 2 heterocycles. The summed E-state index contributed by atoms with van der Waals surface area (Å²) in [4.78, 5) is 14.4. The quantitative estimate of drug-likeness (QED) is 0.696. The normalized spacial score (nSPS) is 23.5. The van der Waals surface area contributed by atoms with E-state index in [-0.39, 0.29) is 12.1 Å². The Morgan fingerprint density at radius 2 is 2.24 bits per heavy atom. The van der Waals surface area contributed by atoms with Gasteiger partial charge in [0.1, 0.15) is 6.17 Å². The molecule has 1 aromatic carbocycles. The third-order valence-electron chi connectivity index (χ3n) is 3.59. The van der Waals surface area contributed by atoms with Gasteiger partial charge in [-0.1, -0.05) is 12.1 Å². The minimum absolute atomic E-state index is 0.0706. The summed E-state index contributed by atoms with van der Waals surface area (Å²) >= 11 is 0. The van der Waals surface area contributed by atoms with Crippen LogP contribution in [-0.4, -0.2) is 31.7 Å². The maximum absolute atomic E-state index is 12.1. The first-order chi connectivity index (χ1) is 8.27. The first kappa shape index (κ1) is 10.6. The number of anilines is 1. The zero-order chi connectivity index (χ0) is 11.8. The van der Waals surface area contributed by atoms with E-state index in [4.69, 9.17) is 0 Å². The van der Waals surface area contributed by atoms with E-state index in [1.54, 1.807) is 0 Å². The number of rotatable bonds is 0. The molecule has 0 radical (unpaired) electrons. The average Bonchev–Trinajstić information content (AvgIpc) is 2.54. The van der Waals surface area contributed by atoms with Crippen molar-refractivity contribution in [2.45, 2.75) is 19.5 Å². The van der Waals surface area contributed by atoms with E-state index in [1.807, 2.05) is 19.1 Å². The molecule has 1 aromatic rings. The lowest BCUT2D eigenvalue weighted by Crippen LogP contribution is -2.53. The third-order valence-corrected chi connectivity index (χ3v) is 3.59. The van der Waals surface area contributed by atoms with E-state index in [2.05, 4.69) is 21.6 Å². The highest BCUT2D eigenvalue weighted by atomic mass is 16.2. The van der Waals surface area contributed by atoms with E-state index >= 15 is 0 Å². The number of carbonyl (C=O) groups is 1. The molecule has 1 saturated heterocycles. The van der Waals surface area contributed by atoms with E-state index < -0.39 is 0 Å². The number of carbonyl (C=O) groups excluding carboxylic acids is 1. The fraction of sp³-hybridized carbons (Fsp3) is 0.462. The van der Waals surface area contributed by atoms with Crippen molar-refractivity contribution < 1.29 is 4.79 Å². The Morgan fingerprint density at radius 3 is 3.12 bits per heavy atom. The SMILES string of the molecule is Cc1cccc2c1C(=O)N[C@H]1CCNCCN21. The molecule has 0 saturated carbocycles. The molecule has 3 rings (SSSR count). The van der Waals surface area contributed by atoms with Crippen LogP contribution in [0.5, 0.6) is 0 Å². The van der Waals surface area contributed by atoms with E-state index in [9.17, 15) is 4.79 Å². The number of hydrogen-bond donors (Lipinski definition) is 2. The lowest BCUT2D eigenvalue weighted by atomic mass is 10.0. The highest BCUT2D eigenvalue weighted by molar-refractivity contribution is 6.03. The summed E-state index contributed by atoms with van der Waals surface area (Å²) in [5.74, 6) is 0.0706. The molecule has 1 atom stereocenters. The monoisotopic (exact) mass is 231 g/mol. The zero-order valence-electron chi connectivity index (χ0n) is 9.99. The van der Waals surface area contributed by atoms with Gasteiger partial charge in [-0.15, -0.1) is 0 Å². The smallest absolute Gasteiger partial charge is 0.255 e. The van der Waals surface area contributed by atoms with Crippen LogP contribution in [0.3, 0.4) is 0 Å². The van der Waals surface area contributed by atoms with Gasteiger partial charge >= 0.3 is 0 Å². The molecule has 17 heavy (non-hydrogen) atoms. The predicted octanol–water partition coefficient (Wildman–Crippen LogP) is 0.864. The molecule has 2 aliphatic heterocycles. The van der Waals surface area contributed by atoms with Gasteiger partial charge < -0.3 is 15.5 Å². The fourth-order valence-corrected chi connectivity index (χ4v) is 2.72. The van der Waals surface area contributed by atoms with E-state index in [1.165, 1.54) is 0 Å². The van der Waals surface area contributed by atoms with Gasteiger partial charge in [0.05, 0.1) is 11.3 Å². The van der Waals surface area contributed by atoms with Crippen LogP contribution in [0.15, 0.2) is 18.2 Å². The Morgan fingerprint density at radius 1 is 1.35 bits per heavy atom. The summed E-state index contributed by atoms with van der Waals surface area (Å²) in [5, 5.41) is 6.47. The third kappa shape index (κ3) is 1.69. The fourth-order valence-electron chi connectivity index (χ4n) is 2.72. The van der Waals surface area contributed by atoms with Crippen molar-refractivity contribution in [3.05, 3.63) is 29.3 Å². The van der Waals surface area contributed by atoms with Gasteiger partial charge in [-0.05, 0) is 31.5 Å². The largest absolute Gasteiger partial charge is 0.349 e. The number of fused-ring (bicyclic) bond motifs is 3. The van der Waals surface area contributed by atoms with Gasteiger partial charge in [-0.2, -0.15) is 0 Å². The van der Waals surface area contributed by atoms with Crippen molar-refractivity contribution in [2.75, 3.05) is 24.5 Å². The minimum atomic E-state index is 0.0706. The molecule has 2 aliphatic rings. The van der Waals surface area contributed by atoms with Crippen LogP contribution in [0.4, 0.5) is 5.69 Å². The van der Waals surface area contributed by atoms with Crippen LogP contribution in [0.25, 0.3) is 0 Å². The number of aryl methyl sites for hydroxylation is 1. The summed E-state index contributed by atoms with van der Waals surface area (Å²) in [6.07, 6.45) is 1.10. The van der Waals surface area contributed by atoms with Crippen LogP contribution < -0.4 is 15.5 Å². The molecular weight excluding hydrogens is 214 g/mol. The van der Waals surface area contributed by atoms with E-state index in [0.717, 1.165) is 42.9 Å². The Bertz CT molecular complexity index is 458. The summed E-state index contributed by atoms with van der Waals surface area (Å²) in [6, 6.07) is 6.08. The molecule has 0 bridgehead atoms. The van der Waals surface area contributed by atoms with Crippen LogP contribution in [-0.2, 0) is 0 Å². The first-order valence-corrected chi connectivity index (χ1v) is 6.15. The summed E-state index contributed by atoms with van der Waals surface area (Å²) in [5.41, 5.74) is 2.98. The Balaban J connectivity index is 2.08. The van der Waals surface area contributed by atoms with Gasteiger partial charge in [0.15, 0.2) is 0 Å². The van der Waals surface area contributed by atoms with Crippen molar-refractivity contribution in [1.82, 2.24) is 10.6 Å². The highest BCUT2D eigenvalue weighted by Gasteiger charge is 2.31. The molecule has 4 heteroatoms. The molecule has 1 amide bonds. The van der Waals surface area contributed by atoms with Crippen molar-refractivity contribution in [1.29, 1.82) is 0 Å². The van der Waals surface area contributed by atoms with Gasteiger partial charge in [-0.3, -0.25) is 4.79 Å². The molecule has 2 N–H and O–H groups in total. The zero-order valence-corrected chi connectivity index (χ0v) is 9.99. The van der Waals surface area contributed by atoms with Gasteiger partial charge in [-0.25, -0.2) is 0 Å². The van der Waals surface area contributed by atoms with Crippen molar-refractivity contribution in [2.24, 2.45) is 0 Å². The van der Waals surface area contributed by atoms with Crippen molar-refractivity contribution in [3.8, 4) is 0 Å². The molecule has 90 valence electrons. The maximum atomic E-state index is 12.1. The van der Waals surface area contributed by atoms with Crippen molar-refractivity contribution >= 4 is 11.6 Å². The second kappa shape index (κ2) is 4.04. The second-order valence-electron chi connectivity index (χ2n) is 4.69. The average molecular weight is 231 g/mol. The summed E-state index contributed by atoms with van der Waals surface area (Å²) in [6.45, 7) is 4.87. The highest BCUT2D eigenvalue weighted by Crippen LogP contribution is 2.29. The number of nitrogens with zero attached hydrogens (tertiary/aromatic N) is 1. The van der Waals surface area contributed by atoms with Crippen LogP contribution >= 0.6 is 0 Å². The molecule has 0 spiro atoms. The van der Waals surface area contributed by atoms with Crippen LogP contribution in [0, 0.1) is 6.92 Å². The number of nitrogens with one attached hydrogen (secondary N) is 2. The predicted molar refractivity (Wildman–Crippen MR) is 67.3 cm³/mol. The summed E-state index contributed by atoms with van der Waals surface area (Å²) in [7, 11) is 0.